The van der Waals surface area contributed by atoms with Crippen LogP contribution in [-0.4, -0.2) is 12.0 Å². The molecule has 1 aliphatic rings. The van der Waals surface area contributed by atoms with Crippen LogP contribution in [0.3, 0.4) is 0 Å². The first-order valence-corrected chi connectivity index (χ1v) is 7.19. The number of aromatic nitrogens is 1. The summed E-state index contributed by atoms with van der Waals surface area (Å²) in [7, 11) is 2.01. The SMILES string of the molecule is CCc1nc(C2CCC(C)C2)sc1CNC. The molecule has 1 aromatic rings. The highest BCUT2D eigenvalue weighted by molar-refractivity contribution is 7.11. The summed E-state index contributed by atoms with van der Waals surface area (Å²) in [6.07, 6.45) is 5.13. The van der Waals surface area contributed by atoms with Crippen molar-refractivity contribution in [2.75, 3.05) is 7.05 Å². The minimum Gasteiger partial charge on any atom is -0.315 e. The van der Waals surface area contributed by atoms with Gasteiger partial charge in [0, 0.05) is 17.3 Å². The van der Waals surface area contributed by atoms with Crippen LogP contribution in [0.4, 0.5) is 0 Å². The largest absolute Gasteiger partial charge is 0.315 e. The predicted octanol–water partition coefficient (Wildman–Crippen LogP) is 3.33. The predicted molar refractivity (Wildman–Crippen MR) is 70.0 cm³/mol. The summed E-state index contributed by atoms with van der Waals surface area (Å²) in [5, 5.41) is 4.64. The van der Waals surface area contributed by atoms with Crippen LogP contribution >= 0.6 is 11.3 Å². The van der Waals surface area contributed by atoms with Crippen molar-refractivity contribution in [2.45, 2.75) is 52.0 Å². The second-order valence-corrected chi connectivity index (χ2v) is 6.04. The Morgan fingerprint density at radius 3 is 2.81 bits per heavy atom. The molecule has 0 spiro atoms. The van der Waals surface area contributed by atoms with E-state index in [-0.39, 0.29) is 0 Å². The van der Waals surface area contributed by atoms with Crippen LogP contribution < -0.4 is 5.32 Å². The second kappa shape index (κ2) is 5.28. The normalized spacial score (nSPS) is 25.2. The highest BCUT2D eigenvalue weighted by Gasteiger charge is 2.26. The van der Waals surface area contributed by atoms with Gasteiger partial charge in [-0.3, -0.25) is 0 Å². The van der Waals surface area contributed by atoms with Crippen molar-refractivity contribution in [3.05, 3.63) is 15.6 Å². The number of nitrogens with one attached hydrogen (secondary N) is 1. The molecule has 1 aromatic heterocycles. The fourth-order valence-corrected chi connectivity index (χ4v) is 3.90. The van der Waals surface area contributed by atoms with Gasteiger partial charge < -0.3 is 5.32 Å². The first kappa shape index (κ1) is 12.1. The lowest BCUT2D eigenvalue weighted by Crippen LogP contribution is -2.05. The number of nitrogens with zero attached hydrogens (tertiary/aromatic N) is 1. The maximum absolute atomic E-state index is 4.84. The molecule has 0 radical (unpaired) electrons. The van der Waals surface area contributed by atoms with Gasteiger partial charge in [0.05, 0.1) is 10.7 Å². The number of aryl methyl sites for hydroxylation is 1. The fourth-order valence-electron chi connectivity index (χ4n) is 2.58. The van der Waals surface area contributed by atoms with Crippen molar-refractivity contribution < 1.29 is 0 Å². The minimum atomic E-state index is 0.746. The molecule has 0 saturated heterocycles. The second-order valence-electron chi connectivity index (χ2n) is 4.92. The van der Waals surface area contributed by atoms with Gasteiger partial charge in [-0.1, -0.05) is 20.3 Å². The molecule has 2 nitrogen and oxygen atoms in total. The summed E-state index contributed by atoms with van der Waals surface area (Å²) in [4.78, 5) is 6.29. The fraction of sp³-hybridized carbons (Fsp3) is 0.769. The van der Waals surface area contributed by atoms with Crippen molar-refractivity contribution >= 4 is 11.3 Å². The molecular formula is C13H22N2S. The standard InChI is InChI=1S/C13H22N2S/c1-4-11-12(8-14-3)16-13(15-11)10-6-5-9(2)7-10/h9-10,14H,4-8H2,1-3H3. The first-order chi connectivity index (χ1) is 7.74. The molecular weight excluding hydrogens is 216 g/mol. The molecule has 1 heterocycles. The Morgan fingerprint density at radius 2 is 2.25 bits per heavy atom. The summed E-state index contributed by atoms with van der Waals surface area (Å²) < 4.78 is 0. The van der Waals surface area contributed by atoms with E-state index in [0.29, 0.717) is 0 Å². The van der Waals surface area contributed by atoms with Crippen LogP contribution in [0.25, 0.3) is 0 Å². The Morgan fingerprint density at radius 1 is 1.44 bits per heavy atom. The quantitative estimate of drug-likeness (QED) is 0.870. The van der Waals surface area contributed by atoms with Crippen LogP contribution in [0.2, 0.25) is 0 Å². The average molecular weight is 238 g/mol. The Balaban J connectivity index is 2.15. The minimum absolute atomic E-state index is 0.746. The molecule has 0 aromatic carbocycles. The lowest BCUT2D eigenvalue weighted by molar-refractivity contribution is 0.595. The molecule has 2 atom stereocenters. The molecule has 1 N–H and O–H groups in total. The van der Waals surface area contributed by atoms with E-state index in [2.05, 4.69) is 19.2 Å². The molecule has 2 rings (SSSR count). The number of rotatable bonds is 4. The molecule has 1 fully saturated rings. The van der Waals surface area contributed by atoms with Gasteiger partial charge in [0.1, 0.15) is 0 Å². The monoisotopic (exact) mass is 238 g/mol. The van der Waals surface area contributed by atoms with Crippen molar-refractivity contribution in [1.29, 1.82) is 0 Å². The molecule has 0 aliphatic heterocycles. The van der Waals surface area contributed by atoms with Gasteiger partial charge >= 0.3 is 0 Å². The van der Waals surface area contributed by atoms with E-state index in [1.165, 1.54) is 34.8 Å². The summed E-state index contributed by atoms with van der Waals surface area (Å²) in [5.41, 5.74) is 1.31. The maximum Gasteiger partial charge on any atom is 0.0962 e. The van der Waals surface area contributed by atoms with Gasteiger partial charge in [-0.25, -0.2) is 4.98 Å². The molecule has 2 unspecified atom stereocenters. The van der Waals surface area contributed by atoms with Crippen LogP contribution in [0.5, 0.6) is 0 Å². The van der Waals surface area contributed by atoms with Crippen LogP contribution in [0.15, 0.2) is 0 Å². The van der Waals surface area contributed by atoms with E-state index in [1.807, 2.05) is 18.4 Å². The highest BCUT2D eigenvalue weighted by atomic mass is 32.1. The Kier molecular flexibility index (Phi) is 3.98. The van der Waals surface area contributed by atoms with Crippen molar-refractivity contribution in [3.8, 4) is 0 Å². The van der Waals surface area contributed by atoms with Crippen molar-refractivity contribution in [3.63, 3.8) is 0 Å². The maximum atomic E-state index is 4.84. The zero-order valence-electron chi connectivity index (χ0n) is 10.5. The molecule has 1 saturated carbocycles. The summed E-state index contributed by atoms with van der Waals surface area (Å²) in [6, 6.07) is 0. The van der Waals surface area contributed by atoms with E-state index < -0.39 is 0 Å². The molecule has 1 aliphatic carbocycles. The van der Waals surface area contributed by atoms with Crippen LogP contribution in [0, 0.1) is 5.92 Å². The van der Waals surface area contributed by atoms with E-state index in [1.54, 1.807) is 0 Å². The van der Waals surface area contributed by atoms with Gasteiger partial charge in [0.15, 0.2) is 0 Å². The van der Waals surface area contributed by atoms with Crippen LogP contribution in [0.1, 0.15) is 54.6 Å². The van der Waals surface area contributed by atoms with Crippen molar-refractivity contribution in [2.24, 2.45) is 5.92 Å². The van der Waals surface area contributed by atoms with E-state index >= 15 is 0 Å². The molecule has 0 amide bonds. The zero-order chi connectivity index (χ0) is 11.5. The van der Waals surface area contributed by atoms with E-state index in [4.69, 9.17) is 4.98 Å². The summed E-state index contributed by atoms with van der Waals surface area (Å²) in [5.74, 6) is 1.64. The Bertz CT molecular complexity index is 346. The third-order valence-electron chi connectivity index (χ3n) is 3.51. The van der Waals surface area contributed by atoms with Gasteiger partial charge in [0.2, 0.25) is 0 Å². The van der Waals surface area contributed by atoms with Crippen molar-refractivity contribution in [1.82, 2.24) is 10.3 Å². The zero-order valence-corrected chi connectivity index (χ0v) is 11.4. The van der Waals surface area contributed by atoms with Crippen LogP contribution in [-0.2, 0) is 13.0 Å². The number of hydrogen-bond acceptors (Lipinski definition) is 3. The van der Waals surface area contributed by atoms with E-state index in [0.717, 1.165) is 24.8 Å². The van der Waals surface area contributed by atoms with E-state index in [9.17, 15) is 0 Å². The summed E-state index contributed by atoms with van der Waals surface area (Å²) >= 11 is 1.93. The summed E-state index contributed by atoms with van der Waals surface area (Å²) in [6.45, 7) is 5.54. The smallest absolute Gasteiger partial charge is 0.0962 e. The third-order valence-corrected chi connectivity index (χ3v) is 4.77. The van der Waals surface area contributed by atoms with Gasteiger partial charge in [-0.05, 0) is 32.2 Å². The molecule has 3 heteroatoms. The lowest BCUT2D eigenvalue weighted by atomic mass is 10.1. The molecule has 90 valence electrons. The van der Waals surface area contributed by atoms with Gasteiger partial charge in [-0.15, -0.1) is 11.3 Å². The number of hydrogen-bond donors (Lipinski definition) is 1. The molecule has 16 heavy (non-hydrogen) atoms. The number of thiazole rings is 1. The lowest BCUT2D eigenvalue weighted by Gasteiger charge is -2.03. The Hall–Kier alpha value is -0.410. The first-order valence-electron chi connectivity index (χ1n) is 6.37. The average Bonchev–Trinajstić information content (AvgIpc) is 2.85. The molecule has 0 bridgehead atoms. The van der Waals surface area contributed by atoms with Gasteiger partial charge in [-0.2, -0.15) is 0 Å². The Labute approximate surface area is 102 Å². The highest BCUT2D eigenvalue weighted by Crippen LogP contribution is 2.40. The third kappa shape index (κ3) is 2.46. The van der Waals surface area contributed by atoms with Gasteiger partial charge in [0.25, 0.3) is 0 Å². The topological polar surface area (TPSA) is 24.9 Å².